The first kappa shape index (κ1) is 17.7. The molecule has 0 aliphatic carbocycles. The SMILES string of the molecule is CCCCCCOc1ccc(/C=N\NC(=O)c2cccnc2)cc1. The van der Waals surface area contributed by atoms with Crippen molar-refractivity contribution in [2.45, 2.75) is 32.6 Å². The Balaban J connectivity index is 1.76. The lowest BCUT2D eigenvalue weighted by atomic mass is 10.2. The number of amides is 1. The molecule has 1 N–H and O–H groups in total. The van der Waals surface area contributed by atoms with Crippen LogP contribution in [0.15, 0.2) is 53.9 Å². The first-order valence-corrected chi connectivity index (χ1v) is 8.26. The maximum atomic E-state index is 11.8. The van der Waals surface area contributed by atoms with Gasteiger partial charge in [0.1, 0.15) is 5.75 Å². The van der Waals surface area contributed by atoms with E-state index in [4.69, 9.17) is 4.74 Å². The summed E-state index contributed by atoms with van der Waals surface area (Å²) in [5, 5.41) is 3.95. The molecule has 24 heavy (non-hydrogen) atoms. The average molecular weight is 325 g/mol. The molecule has 0 saturated heterocycles. The standard InChI is InChI=1S/C19H23N3O2/c1-2-3-4-5-13-24-18-10-8-16(9-11-18)14-21-22-19(23)17-7-6-12-20-15-17/h6-12,14-15H,2-5,13H2,1H3,(H,22,23)/b21-14-. The van der Waals surface area contributed by atoms with Crippen molar-refractivity contribution >= 4 is 12.1 Å². The van der Waals surface area contributed by atoms with E-state index in [9.17, 15) is 4.79 Å². The van der Waals surface area contributed by atoms with Gasteiger partial charge in [0.15, 0.2) is 0 Å². The van der Waals surface area contributed by atoms with Crippen molar-refractivity contribution in [1.29, 1.82) is 0 Å². The number of carbonyl (C=O) groups excluding carboxylic acids is 1. The van der Waals surface area contributed by atoms with Crippen molar-refractivity contribution < 1.29 is 9.53 Å². The summed E-state index contributed by atoms with van der Waals surface area (Å²) in [6, 6.07) is 11.0. The van der Waals surface area contributed by atoms with Crippen LogP contribution >= 0.6 is 0 Å². The molecule has 5 nitrogen and oxygen atoms in total. The molecule has 0 fully saturated rings. The normalized spacial score (nSPS) is 10.7. The summed E-state index contributed by atoms with van der Waals surface area (Å²) in [5.41, 5.74) is 3.84. The molecule has 0 bridgehead atoms. The van der Waals surface area contributed by atoms with Crippen molar-refractivity contribution in [1.82, 2.24) is 10.4 Å². The van der Waals surface area contributed by atoms with Crippen LogP contribution < -0.4 is 10.2 Å². The zero-order valence-corrected chi connectivity index (χ0v) is 13.9. The lowest BCUT2D eigenvalue weighted by Crippen LogP contribution is -2.17. The topological polar surface area (TPSA) is 63.6 Å². The zero-order chi connectivity index (χ0) is 17.0. The molecule has 0 atom stereocenters. The highest BCUT2D eigenvalue weighted by Gasteiger charge is 2.02. The van der Waals surface area contributed by atoms with Gasteiger partial charge in [0, 0.05) is 12.4 Å². The molecule has 0 spiro atoms. The smallest absolute Gasteiger partial charge is 0.272 e. The van der Waals surface area contributed by atoms with Crippen molar-refractivity contribution in [3.05, 3.63) is 59.9 Å². The van der Waals surface area contributed by atoms with Crippen molar-refractivity contribution in [2.24, 2.45) is 5.10 Å². The third-order valence-corrected chi connectivity index (χ3v) is 3.45. The minimum absolute atomic E-state index is 0.286. The molecule has 1 heterocycles. The number of unbranched alkanes of at least 4 members (excludes halogenated alkanes) is 3. The van der Waals surface area contributed by atoms with Crippen molar-refractivity contribution in [3.63, 3.8) is 0 Å². The number of hydrazone groups is 1. The largest absolute Gasteiger partial charge is 0.494 e. The summed E-state index contributed by atoms with van der Waals surface area (Å²) in [4.78, 5) is 15.7. The van der Waals surface area contributed by atoms with E-state index in [0.717, 1.165) is 24.3 Å². The van der Waals surface area contributed by atoms with Gasteiger partial charge >= 0.3 is 0 Å². The molecular formula is C19H23N3O2. The number of nitrogens with one attached hydrogen (secondary N) is 1. The number of hydrogen-bond donors (Lipinski definition) is 1. The lowest BCUT2D eigenvalue weighted by Gasteiger charge is -2.05. The Morgan fingerprint density at radius 2 is 2.04 bits per heavy atom. The van der Waals surface area contributed by atoms with Gasteiger partial charge in [-0.15, -0.1) is 0 Å². The number of hydrogen-bond acceptors (Lipinski definition) is 4. The van der Waals surface area contributed by atoms with Crippen LogP contribution in [0.1, 0.15) is 48.5 Å². The number of pyridine rings is 1. The van der Waals surface area contributed by atoms with Gasteiger partial charge in [0.05, 0.1) is 18.4 Å². The fourth-order valence-corrected chi connectivity index (χ4v) is 2.10. The van der Waals surface area contributed by atoms with E-state index in [1.54, 1.807) is 24.5 Å². The summed E-state index contributed by atoms with van der Waals surface area (Å²) in [6.45, 7) is 2.94. The highest BCUT2D eigenvalue weighted by Crippen LogP contribution is 2.12. The van der Waals surface area contributed by atoms with E-state index >= 15 is 0 Å². The molecule has 0 aliphatic rings. The highest BCUT2D eigenvalue weighted by molar-refractivity contribution is 5.94. The van der Waals surface area contributed by atoms with Crippen LogP contribution in [-0.4, -0.2) is 23.7 Å². The molecule has 0 aliphatic heterocycles. The zero-order valence-electron chi connectivity index (χ0n) is 13.9. The van der Waals surface area contributed by atoms with Crippen molar-refractivity contribution in [3.8, 4) is 5.75 Å². The van der Waals surface area contributed by atoms with Crippen LogP contribution in [0, 0.1) is 0 Å². The third-order valence-electron chi connectivity index (χ3n) is 3.45. The van der Waals surface area contributed by atoms with Gasteiger partial charge in [-0.3, -0.25) is 9.78 Å². The molecule has 1 aromatic carbocycles. The molecule has 0 unspecified atom stereocenters. The van der Waals surface area contributed by atoms with E-state index in [2.05, 4.69) is 22.4 Å². The number of carbonyl (C=O) groups is 1. The Labute approximate surface area is 142 Å². The third kappa shape index (κ3) is 6.20. The number of rotatable bonds is 9. The second-order valence-corrected chi connectivity index (χ2v) is 5.42. The van der Waals surface area contributed by atoms with Crippen LogP contribution in [0.3, 0.4) is 0 Å². The predicted molar refractivity (Wildman–Crippen MR) is 95.4 cm³/mol. The van der Waals surface area contributed by atoms with Gasteiger partial charge in [-0.1, -0.05) is 26.2 Å². The Morgan fingerprint density at radius 3 is 2.75 bits per heavy atom. The van der Waals surface area contributed by atoms with Crippen LogP contribution in [0.4, 0.5) is 0 Å². The number of ether oxygens (including phenoxy) is 1. The average Bonchev–Trinajstić information content (AvgIpc) is 2.63. The van der Waals surface area contributed by atoms with E-state index in [-0.39, 0.29) is 5.91 Å². The molecule has 2 aromatic rings. The van der Waals surface area contributed by atoms with Gasteiger partial charge in [0.2, 0.25) is 0 Å². The summed E-state index contributed by atoms with van der Waals surface area (Å²) in [7, 11) is 0. The number of aromatic nitrogens is 1. The Bertz CT molecular complexity index is 639. The summed E-state index contributed by atoms with van der Waals surface area (Å²) in [6.07, 6.45) is 9.48. The minimum atomic E-state index is -0.286. The summed E-state index contributed by atoms with van der Waals surface area (Å²) in [5.74, 6) is 0.564. The molecule has 2 rings (SSSR count). The van der Waals surface area contributed by atoms with Crippen LogP contribution in [-0.2, 0) is 0 Å². The van der Waals surface area contributed by atoms with E-state index in [0.29, 0.717) is 5.56 Å². The maximum absolute atomic E-state index is 11.8. The van der Waals surface area contributed by atoms with Crippen LogP contribution in [0.5, 0.6) is 5.75 Å². The summed E-state index contributed by atoms with van der Waals surface area (Å²) < 4.78 is 5.69. The first-order valence-electron chi connectivity index (χ1n) is 8.26. The van der Waals surface area contributed by atoms with Gasteiger partial charge in [-0.2, -0.15) is 5.10 Å². The highest BCUT2D eigenvalue weighted by atomic mass is 16.5. The molecule has 5 heteroatoms. The first-order chi connectivity index (χ1) is 11.8. The Kier molecular flexibility index (Phi) is 7.47. The van der Waals surface area contributed by atoms with Crippen molar-refractivity contribution in [2.75, 3.05) is 6.61 Å². The predicted octanol–water partition coefficient (Wildman–Crippen LogP) is 3.80. The summed E-state index contributed by atoms with van der Waals surface area (Å²) >= 11 is 0. The second-order valence-electron chi connectivity index (χ2n) is 5.42. The van der Waals surface area contributed by atoms with Gasteiger partial charge in [-0.05, 0) is 48.4 Å². The molecule has 1 amide bonds. The fourth-order valence-electron chi connectivity index (χ4n) is 2.10. The molecular weight excluding hydrogens is 302 g/mol. The Hall–Kier alpha value is -2.69. The van der Waals surface area contributed by atoms with E-state index < -0.39 is 0 Å². The number of nitrogens with zero attached hydrogens (tertiary/aromatic N) is 2. The molecule has 0 radical (unpaired) electrons. The number of benzene rings is 1. The quantitative estimate of drug-likeness (QED) is 0.433. The Morgan fingerprint density at radius 1 is 1.21 bits per heavy atom. The molecule has 1 aromatic heterocycles. The van der Waals surface area contributed by atoms with E-state index in [1.807, 2.05) is 24.3 Å². The van der Waals surface area contributed by atoms with Gasteiger partial charge in [0.25, 0.3) is 5.91 Å². The van der Waals surface area contributed by atoms with Crippen LogP contribution in [0.25, 0.3) is 0 Å². The van der Waals surface area contributed by atoms with Crippen LogP contribution in [0.2, 0.25) is 0 Å². The maximum Gasteiger partial charge on any atom is 0.272 e. The molecule has 0 saturated carbocycles. The lowest BCUT2D eigenvalue weighted by molar-refractivity contribution is 0.0955. The minimum Gasteiger partial charge on any atom is -0.494 e. The monoisotopic (exact) mass is 325 g/mol. The van der Waals surface area contributed by atoms with Gasteiger partial charge in [-0.25, -0.2) is 5.43 Å². The fraction of sp³-hybridized carbons (Fsp3) is 0.316. The molecule has 126 valence electrons. The van der Waals surface area contributed by atoms with E-state index in [1.165, 1.54) is 25.5 Å². The second kappa shape index (κ2) is 10.2. The van der Waals surface area contributed by atoms with Gasteiger partial charge < -0.3 is 4.74 Å².